The molecule has 1 aromatic carbocycles. The number of methoxy groups -OCH3 is 1. The van der Waals surface area contributed by atoms with E-state index in [1.54, 1.807) is 30.7 Å². The fraction of sp³-hybridized carbons (Fsp3) is 0.526. The van der Waals surface area contributed by atoms with E-state index >= 15 is 0 Å². The van der Waals surface area contributed by atoms with Crippen LogP contribution in [-0.2, 0) is 24.8 Å². The quantitative estimate of drug-likeness (QED) is 0.678. The van der Waals surface area contributed by atoms with Crippen molar-refractivity contribution in [2.75, 3.05) is 27.3 Å². The molecule has 0 bridgehead atoms. The molecule has 1 unspecified atom stereocenters. The van der Waals surface area contributed by atoms with Crippen molar-refractivity contribution in [3.63, 3.8) is 0 Å². The Bertz CT molecular complexity index is 858. The molecule has 1 aromatic heterocycles. The lowest BCUT2D eigenvalue weighted by Gasteiger charge is -2.26. The third kappa shape index (κ3) is 4.15. The molecule has 2 aromatic rings. The Morgan fingerprint density at radius 2 is 2.07 bits per heavy atom. The zero-order chi connectivity index (χ0) is 19.4. The summed E-state index contributed by atoms with van der Waals surface area (Å²) < 4.78 is 14.0. The summed E-state index contributed by atoms with van der Waals surface area (Å²) >= 11 is 0. The van der Waals surface area contributed by atoms with Gasteiger partial charge in [0.15, 0.2) is 11.5 Å². The van der Waals surface area contributed by atoms with E-state index in [1.807, 2.05) is 24.3 Å². The Balaban J connectivity index is 1.48. The predicted molar refractivity (Wildman–Crippen MR) is 100 cm³/mol. The standard InChI is InChI=1S/C19H26N4O4/c1-21(11-6-12-27-16-8-5-4-7-15(16)26-3)18(24)14-9-10-17-20-22(2)19(25)23(17)13-14/h4-5,7-8,14H,6,9-13H2,1-3H3. The third-order valence-corrected chi connectivity index (χ3v) is 4.89. The van der Waals surface area contributed by atoms with E-state index in [9.17, 15) is 9.59 Å². The number of aromatic nitrogens is 3. The summed E-state index contributed by atoms with van der Waals surface area (Å²) in [4.78, 5) is 26.5. The SMILES string of the molecule is COc1ccccc1OCCCN(C)C(=O)C1CCc2nn(C)c(=O)n2C1. The molecule has 8 heteroatoms. The van der Waals surface area contributed by atoms with Crippen LogP contribution in [0.2, 0.25) is 0 Å². The Morgan fingerprint density at radius 3 is 2.81 bits per heavy atom. The van der Waals surface area contributed by atoms with Gasteiger partial charge >= 0.3 is 5.69 Å². The first-order valence-corrected chi connectivity index (χ1v) is 9.14. The highest BCUT2D eigenvalue weighted by Gasteiger charge is 2.29. The van der Waals surface area contributed by atoms with Crippen LogP contribution in [0.4, 0.5) is 0 Å². The monoisotopic (exact) mass is 374 g/mol. The van der Waals surface area contributed by atoms with Gasteiger partial charge in [-0.1, -0.05) is 12.1 Å². The summed E-state index contributed by atoms with van der Waals surface area (Å²) in [7, 11) is 5.04. The van der Waals surface area contributed by atoms with Gasteiger partial charge in [-0.05, 0) is 25.0 Å². The number of carbonyl (C=O) groups excluding carboxylic acids is 1. The average molecular weight is 374 g/mol. The van der Waals surface area contributed by atoms with Crippen molar-refractivity contribution in [1.29, 1.82) is 0 Å². The normalized spacial score (nSPS) is 15.9. The van der Waals surface area contributed by atoms with Crippen LogP contribution >= 0.6 is 0 Å². The highest BCUT2D eigenvalue weighted by molar-refractivity contribution is 5.78. The maximum atomic E-state index is 12.7. The molecule has 27 heavy (non-hydrogen) atoms. The van der Waals surface area contributed by atoms with Crippen molar-refractivity contribution in [2.45, 2.75) is 25.8 Å². The van der Waals surface area contributed by atoms with Crippen molar-refractivity contribution >= 4 is 5.91 Å². The van der Waals surface area contributed by atoms with Crippen LogP contribution < -0.4 is 15.2 Å². The number of ether oxygens (including phenoxy) is 2. The summed E-state index contributed by atoms with van der Waals surface area (Å²) in [6.45, 7) is 1.50. The largest absolute Gasteiger partial charge is 0.493 e. The number of hydrogen-bond acceptors (Lipinski definition) is 5. The summed E-state index contributed by atoms with van der Waals surface area (Å²) in [5.41, 5.74) is -0.157. The van der Waals surface area contributed by atoms with Crippen LogP contribution in [-0.4, -0.2) is 52.5 Å². The number of aryl methyl sites for hydroxylation is 2. The Hall–Kier alpha value is -2.77. The number of benzene rings is 1. The lowest BCUT2D eigenvalue weighted by molar-refractivity contribution is -0.135. The summed E-state index contributed by atoms with van der Waals surface area (Å²) in [6.07, 6.45) is 2.08. The zero-order valence-electron chi connectivity index (χ0n) is 16.1. The van der Waals surface area contributed by atoms with Gasteiger partial charge in [-0.3, -0.25) is 9.36 Å². The minimum Gasteiger partial charge on any atom is -0.493 e. The molecular formula is C19H26N4O4. The average Bonchev–Trinajstić information content (AvgIpc) is 2.98. The lowest BCUT2D eigenvalue weighted by atomic mass is 9.98. The molecule has 146 valence electrons. The number of rotatable bonds is 7. The number of para-hydroxylation sites is 2. The van der Waals surface area contributed by atoms with Gasteiger partial charge in [-0.15, -0.1) is 0 Å². The van der Waals surface area contributed by atoms with Crippen LogP contribution in [0.3, 0.4) is 0 Å². The van der Waals surface area contributed by atoms with E-state index in [4.69, 9.17) is 9.47 Å². The van der Waals surface area contributed by atoms with Crippen LogP contribution in [0.1, 0.15) is 18.7 Å². The minimum atomic E-state index is -0.181. The van der Waals surface area contributed by atoms with E-state index < -0.39 is 0 Å². The number of hydrogen-bond donors (Lipinski definition) is 0. The number of nitrogens with zero attached hydrogens (tertiary/aromatic N) is 4. The second-order valence-corrected chi connectivity index (χ2v) is 6.78. The van der Waals surface area contributed by atoms with E-state index in [0.29, 0.717) is 44.0 Å². The van der Waals surface area contributed by atoms with Crippen molar-refractivity contribution in [3.05, 3.63) is 40.6 Å². The van der Waals surface area contributed by atoms with Gasteiger partial charge in [0.25, 0.3) is 0 Å². The molecule has 1 atom stereocenters. The molecule has 3 rings (SSSR count). The van der Waals surface area contributed by atoms with Gasteiger partial charge in [0, 0.05) is 33.6 Å². The topological polar surface area (TPSA) is 78.6 Å². The van der Waals surface area contributed by atoms with E-state index in [0.717, 1.165) is 12.2 Å². The maximum Gasteiger partial charge on any atom is 0.345 e. The molecule has 0 aliphatic carbocycles. The molecule has 0 radical (unpaired) electrons. The fourth-order valence-corrected chi connectivity index (χ4v) is 3.38. The summed E-state index contributed by atoms with van der Waals surface area (Å²) in [5, 5.41) is 4.21. The molecule has 0 saturated carbocycles. The molecule has 8 nitrogen and oxygen atoms in total. The van der Waals surface area contributed by atoms with Gasteiger partial charge in [0.2, 0.25) is 5.91 Å². The lowest BCUT2D eigenvalue weighted by Crippen LogP contribution is -2.40. The highest BCUT2D eigenvalue weighted by Crippen LogP contribution is 2.25. The first-order valence-electron chi connectivity index (χ1n) is 9.14. The molecule has 0 fully saturated rings. The first-order chi connectivity index (χ1) is 13.0. The van der Waals surface area contributed by atoms with Gasteiger partial charge in [0.1, 0.15) is 5.82 Å². The van der Waals surface area contributed by atoms with Crippen molar-refractivity contribution < 1.29 is 14.3 Å². The van der Waals surface area contributed by atoms with E-state index in [2.05, 4.69) is 5.10 Å². The van der Waals surface area contributed by atoms with Crippen molar-refractivity contribution in [1.82, 2.24) is 19.2 Å². The second-order valence-electron chi connectivity index (χ2n) is 6.78. The Labute approximate surface area is 158 Å². The van der Waals surface area contributed by atoms with Crippen LogP contribution in [0.15, 0.2) is 29.1 Å². The number of amides is 1. The van der Waals surface area contributed by atoms with E-state index in [1.165, 1.54) is 4.68 Å². The van der Waals surface area contributed by atoms with Crippen LogP contribution in [0.25, 0.3) is 0 Å². The molecule has 0 N–H and O–H groups in total. The Kier molecular flexibility index (Phi) is 5.83. The summed E-state index contributed by atoms with van der Waals surface area (Å²) in [5.74, 6) is 2.04. The molecule has 1 amide bonds. The van der Waals surface area contributed by atoms with Crippen LogP contribution in [0, 0.1) is 5.92 Å². The fourth-order valence-electron chi connectivity index (χ4n) is 3.38. The zero-order valence-corrected chi connectivity index (χ0v) is 16.1. The van der Waals surface area contributed by atoms with Gasteiger partial charge < -0.3 is 14.4 Å². The second kappa shape index (κ2) is 8.28. The Morgan fingerprint density at radius 1 is 1.33 bits per heavy atom. The predicted octanol–water partition coefficient (Wildman–Crippen LogP) is 1.08. The van der Waals surface area contributed by atoms with E-state index in [-0.39, 0.29) is 17.5 Å². The van der Waals surface area contributed by atoms with Gasteiger partial charge in [-0.25, -0.2) is 9.48 Å². The molecular weight excluding hydrogens is 348 g/mol. The van der Waals surface area contributed by atoms with Gasteiger partial charge in [-0.2, -0.15) is 5.10 Å². The van der Waals surface area contributed by atoms with Crippen molar-refractivity contribution in [3.8, 4) is 11.5 Å². The molecule has 0 saturated heterocycles. The molecule has 1 aliphatic rings. The van der Waals surface area contributed by atoms with Crippen molar-refractivity contribution in [2.24, 2.45) is 13.0 Å². The highest BCUT2D eigenvalue weighted by atomic mass is 16.5. The smallest absolute Gasteiger partial charge is 0.345 e. The minimum absolute atomic E-state index is 0.0636. The molecule has 2 heterocycles. The number of carbonyl (C=O) groups is 1. The molecule has 0 spiro atoms. The molecule has 1 aliphatic heterocycles. The first kappa shape index (κ1) is 19.0. The number of fused-ring (bicyclic) bond motifs is 1. The third-order valence-electron chi connectivity index (χ3n) is 4.89. The van der Waals surface area contributed by atoms with Crippen LogP contribution in [0.5, 0.6) is 11.5 Å². The summed E-state index contributed by atoms with van der Waals surface area (Å²) in [6, 6.07) is 7.49. The maximum absolute atomic E-state index is 12.7. The van der Waals surface area contributed by atoms with Gasteiger partial charge in [0.05, 0.1) is 19.6 Å².